The van der Waals surface area contributed by atoms with Crippen LogP contribution in [0.15, 0.2) is 70.0 Å². The highest BCUT2D eigenvalue weighted by Gasteiger charge is 2.16. The van der Waals surface area contributed by atoms with Crippen molar-refractivity contribution in [2.75, 3.05) is 12.4 Å². The molecule has 0 unspecified atom stereocenters. The summed E-state index contributed by atoms with van der Waals surface area (Å²) in [4.78, 5) is 12.4. The quantitative estimate of drug-likeness (QED) is 0.694. The SMILES string of the molecule is CNS(=O)(=O)c1cccc(NC(=O)c2ccc(-c3ccccc3Cl)o2)c1. The molecule has 0 aliphatic rings. The lowest BCUT2D eigenvalue weighted by Crippen LogP contribution is -2.19. The number of carbonyl (C=O) groups is 1. The predicted octanol–water partition coefficient (Wildman–Crippen LogP) is 3.76. The van der Waals surface area contributed by atoms with Gasteiger partial charge in [-0.2, -0.15) is 0 Å². The summed E-state index contributed by atoms with van der Waals surface area (Å²) >= 11 is 6.13. The van der Waals surface area contributed by atoms with Crippen LogP contribution in [0, 0.1) is 0 Å². The molecule has 0 atom stereocenters. The highest BCUT2D eigenvalue weighted by Crippen LogP contribution is 2.29. The molecule has 134 valence electrons. The van der Waals surface area contributed by atoms with Crippen molar-refractivity contribution in [1.82, 2.24) is 4.72 Å². The third-order valence-electron chi connectivity index (χ3n) is 3.64. The summed E-state index contributed by atoms with van der Waals surface area (Å²) in [6.07, 6.45) is 0. The fourth-order valence-electron chi connectivity index (χ4n) is 2.32. The molecule has 3 rings (SSSR count). The maximum Gasteiger partial charge on any atom is 0.291 e. The Hall–Kier alpha value is -2.61. The lowest BCUT2D eigenvalue weighted by Gasteiger charge is -2.07. The fourth-order valence-corrected chi connectivity index (χ4v) is 3.32. The Bertz CT molecular complexity index is 1060. The van der Waals surface area contributed by atoms with Crippen LogP contribution in [0.3, 0.4) is 0 Å². The van der Waals surface area contributed by atoms with E-state index in [0.717, 1.165) is 0 Å². The number of benzene rings is 2. The largest absolute Gasteiger partial charge is 0.451 e. The second kappa shape index (κ2) is 7.33. The van der Waals surface area contributed by atoms with Crippen LogP contribution in [0.25, 0.3) is 11.3 Å². The van der Waals surface area contributed by atoms with Gasteiger partial charge in [0.1, 0.15) is 5.76 Å². The van der Waals surface area contributed by atoms with Crippen molar-refractivity contribution >= 4 is 33.2 Å². The Morgan fingerprint density at radius 2 is 1.81 bits per heavy atom. The molecule has 26 heavy (non-hydrogen) atoms. The average Bonchev–Trinajstić information content (AvgIpc) is 3.12. The van der Waals surface area contributed by atoms with E-state index in [1.165, 1.54) is 31.3 Å². The van der Waals surface area contributed by atoms with Crippen LogP contribution in [0.4, 0.5) is 5.69 Å². The van der Waals surface area contributed by atoms with E-state index in [2.05, 4.69) is 10.0 Å². The van der Waals surface area contributed by atoms with Gasteiger partial charge in [-0.1, -0.05) is 29.8 Å². The van der Waals surface area contributed by atoms with Crippen molar-refractivity contribution in [3.05, 3.63) is 71.4 Å². The molecule has 0 radical (unpaired) electrons. The third kappa shape index (κ3) is 3.80. The summed E-state index contributed by atoms with van der Waals surface area (Å²) in [5.74, 6) is 0.0522. The number of anilines is 1. The van der Waals surface area contributed by atoms with E-state index in [0.29, 0.717) is 22.0 Å². The molecule has 3 aromatic rings. The Labute approximate surface area is 155 Å². The minimum absolute atomic E-state index is 0.0500. The summed E-state index contributed by atoms with van der Waals surface area (Å²) in [7, 11) is -2.28. The van der Waals surface area contributed by atoms with Crippen molar-refractivity contribution in [3.8, 4) is 11.3 Å². The number of furan rings is 1. The molecule has 1 aromatic heterocycles. The molecule has 0 saturated heterocycles. The molecule has 8 heteroatoms. The fraction of sp³-hybridized carbons (Fsp3) is 0.0556. The molecule has 6 nitrogen and oxygen atoms in total. The molecule has 2 N–H and O–H groups in total. The van der Waals surface area contributed by atoms with Gasteiger partial charge in [-0.15, -0.1) is 0 Å². The molecule has 0 spiro atoms. The summed E-state index contributed by atoms with van der Waals surface area (Å²) < 4.78 is 31.5. The average molecular weight is 391 g/mol. The normalized spacial score (nSPS) is 11.3. The van der Waals surface area contributed by atoms with E-state index in [-0.39, 0.29) is 10.7 Å². The maximum atomic E-state index is 12.4. The van der Waals surface area contributed by atoms with E-state index in [4.69, 9.17) is 16.0 Å². The van der Waals surface area contributed by atoms with Gasteiger partial charge in [0.15, 0.2) is 5.76 Å². The number of hydrogen-bond donors (Lipinski definition) is 2. The van der Waals surface area contributed by atoms with E-state index in [1.54, 1.807) is 30.3 Å². The molecule has 0 fully saturated rings. The monoisotopic (exact) mass is 390 g/mol. The molecule has 2 aromatic carbocycles. The van der Waals surface area contributed by atoms with Crippen LogP contribution in [-0.4, -0.2) is 21.4 Å². The van der Waals surface area contributed by atoms with E-state index in [1.807, 2.05) is 6.07 Å². The number of sulfonamides is 1. The highest BCUT2D eigenvalue weighted by molar-refractivity contribution is 7.89. The maximum absolute atomic E-state index is 12.4. The Balaban J connectivity index is 1.82. The lowest BCUT2D eigenvalue weighted by molar-refractivity contribution is 0.0997. The molecule has 1 heterocycles. The Morgan fingerprint density at radius 1 is 1.04 bits per heavy atom. The van der Waals surface area contributed by atoms with Gasteiger partial charge in [0.25, 0.3) is 5.91 Å². The van der Waals surface area contributed by atoms with Crippen LogP contribution in [0.5, 0.6) is 0 Å². The zero-order chi connectivity index (χ0) is 18.7. The van der Waals surface area contributed by atoms with Gasteiger partial charge in [-0.25, -0.2) is 13.1 Å². The van der Waals surface area contributed by atoms with Gasteiger partial charge < -0.3 is 9.73 Å². The summed E-state index contributed by atoms with van der Waals surface area (Å²) in [5.41, 5.74) is 1.01. The summed E-state index contributed by atoms with van der Waals surface area (Å²) in [6.45, 7) is 0. The first kappa shape index (κ1) is 18.2. The van der Waals surface area contributed by atoms with Crippen molar-refractivity contribution in [2.24, 2.45) is 0 Å². The molecule has 0 saturated carbocycles. The van der Waals surface area contributed by atoms with Crippen molar-refractivity contribution < 1.29 is 17.6 Å². The second-order valence-corrected chi connectivity index (χ2v) is 7.63. The number of nitrogens with one attached hydrogen (secondary N) is 2. The van der Waals surface area contributed by atoms with Crippen molar-refractivity contribution in [1.29, 1.82) is 0 Å². The first-order valence-electron chi connectivity index (χ1n) is 7.60. The number of amides is 1. The molecule has 0 aliphatic heterocycles. The minimum Gasteiger partial charge on any atom is -0.451 e. The summed E-state index contributed by atoms with van der Waals surface area (Å²) in [5, 5.41) is 3.13. The van der Waals surface area contributed by atoms with Crippen LogP contribution < -0.4 is 10.0 Å². The van der Waals surface area contributed by atoms with Gasteiger partial charge in [-0.05, 0) is 49.5 Å². The number of hydrogen-bond acceptors (Lipinski definition) is 4. The van der Waals surface area contributed by atoms with E-state index < -0.39 is 15.9 Å². The van der Waals surface area contributed by atoms with Crippen LogP contribution in [-0.2, 0) is 10.0 Å². The van der Waals surface area contributed by atoms with Crippen LogP contribution in [0.1, 0.15) is 10.6 Å². The van der Waals surface area contributed by atoms with Crippen LogP contribution >= 0.6 is 11.6 Å². The molecule has 0 aliphatic carbocycles. The predicted molar refractivity (Wildman–Crippen MR) is 99.8 cm³/mol. The van der Waals surface area contributed by atoms with Gasteiger partial charge in [0.2, 0.25) is 10.0 Å². The van der Waals surface area contributed by atoms with Crippen molar-refractivity contribution in [3.63, 3.8) is 0 Å². The van der Waals surface area contributed by atoms with Gasteiger partial charge in [0.05, 0.1) is 9.92 Å². The van der Waals surface area contributed by atoms with Gasteiger partial charge in [0, 0.05) is 11.3 Å². The molecule has 0 bridgehead atoms. The second-order valence-electron chi connectivity index (χ2n) is 5.33. The smallest absolute Gasteiger partial charge is 0.291 e. The standard InChI is InChI=1S/C18H15ClN2O4S/c1-20-26(23,24)13-6-4-5-12(11-13)21-18(22)17-10-9-16(25-17)14-7-2-3-8-15(14)19/h2-11,20H,1H3,(H,21,22). The summed E-state index contributed by atoms with van der Waals surface area (Å²) in [6, 6.07) is 16.2. The Morgan fingerprint density at radius 3 is 2.54 bits per heavy atom. The molecule has 1 amide bonds. The Kier molecular flexibility index (Phi) is 5.13. The first-order chi connectivity index (χ1) is 12.4. The van der Waals surface area contributed by atoms with E-state index >= 15 is 0 Å². The lowest BCUT2D eigenvalue weighted by atomic mass is 10.2. The minimum atomic E-state index is -3.60. The molecular formula is C18H15ClN2O4S. The van der Waals surface area contributed by atoms with Crippen LogP contribution in [0.2, 0.25) is 5.02 Å². The molecular weight excluding hydrogens is 376 g/mol. The van der Waals surface area contributed by atoms with Gasteiger partial charge >= 0.3 is 0 Å². The third-order valence-corrected chi connectivity index (χ3v) is 5.38. The highest BCUT2D eigenvalue weighted by atomic mass is 35.5. The first-order valence-corrected chi connectivity index (χ1v) is 9.46. The number of halogens is 1. The zero-order valence-corrected chi connectivity index (χ0v) is 15.3. The van der Waals surface area contributed by atoms with Crippen molar-refractivity contribution in [2.45, 2.75) is 4.90 Å². The number of rotatable bonds is 5. The van der Waals surface area contributed by atoms with Gasteiger partial charge in [-0.3, -0.25) is 4.79 Å². The zero-order valence-electron chi connectivity index (χ0n) is 13.7. The number of carbonyl (C=O) groups excluding carboxylic acids is 1. The van der Waals surface area contributed by atoms with E-state index in [9.17, 15) is 13.2 Å². The topological polar surface area (TPSA) is 88.4 Å².